The van der Waals surface area contributed by atoms with Crippen molar-refractivity contribution < 1.29 is 4.79 Å². The highest BCUT2D eigenvalue weighted by Crippen LogP contribution is 2.40. The summed E-state index contributed by atoms with van der Waals surface area (Å²) in [7, 11) is 0. The average molecular weight is 290 g/mol. The standard InChI is InChI=1S/C21H22O/c1-15-3-8-18(9-4-15)20-12-7-17(14-22)13-21(20)19-10-5-16(2)6-11-19/h3-6,8-11,14,17H,7,12-13H2,1-2H3. The molecule has 2 aromatic rings. The van der Waals surface area contributed by atoms with Crippen LogP contribution < -0.4 is 0 Å². The molecule has 112 valence electrons. The molecule has 1 aliphatic rings. The summed E-state index contributed by atoms with van der Waals surface area (Å²) in [6.07, 6.45) is 3.92. The molecular formula is C21H22O. The lowest BCUT2D eigenvalue weighted by Crippen LogP contribution is -2.11. The lowest BCUT2D eigenvalue weighted by Gasteiger charge is -2.25. The van der Waals surface area contributed by atoms with Gasteiger partial charge in [0.1, 0.15) is 6.29 Å². The molecule has 0 spiro atoms. The SMILES string of the molecule is Cc1ccc(C2=C(c3ccc(C)cc3)CC(C=O)CC2)cc1. The molecule has 0 aliphatic heterocycles. The van der Waals surface area contributed by atoms with Crippen LogP contribution in [0, 0.1) is 19.8 Å². The number of benzene rings is 2. The molecule has 0 amide bonds. The van der Waals surface area contributed by atoms with Crippen molar-refractivity contribution >= 4 is 17.4 Å². The first-order chi connectivity index (χ1) is 10.7. The Labute approximate surface area is 132 Å². The fourth-order valence-electron chi connectivity index (χ4n) is 3.20. The summed E-state index contributed by atoms with van der Waals surface area (Å²) in [6.45, 7) is 4.22. The largest absolute Gasteiger partial charge is 0.303 e. The van der Waals surface area contributed by atoms with Gasteiger partial charge in [-0.3, -0.25) is 0 Å². The van der Waals surface area contributed by atoms with Gasteiger partial charge in [0, 0.05) is 5.92 Å². The number of hydrogen-bond acceptors (Lipinski definition) is 1. The van der Waals surface area contributed by atoms with Gasteiger partial charge >= 0.3 is 0 Å². The quantitative estimate of drug-likeness (QED) is 0.709. The molecule has 1 heteroatoms. The number of aryl methyl sites for hydroxylation is 2. The van der Waals surface area contributed by atoms with Crippen molar-refractivity contribution in [3.8, 4) is 0 Å². The third kappa shape index (κ3) is 3.04. The molecule has 2 aromatic carbocycles. The van der Waals surface area contributed by atoms with Crippen LogP contribution in [-0.2, 0) is 4.79 Å². The fraction of sp³-hybridized carbons (Fsp3) is 0.286. The van der Waals surface area contributed by atoms with Crippen molar-refractivity contribution in [3.63, 3.8) is 0 Å². The van der Waals surface area contributed by atoms with Crippen LogP contribution in [0.4, 0.5) is 0 Å². The van der Waals surface area contributed by atoms with E-state index in [1.54, 1.807) is 0 Å². The van der Waals surface area contributed by atoms with E-state index in [4.69, 9.17) is 0 Å². The Morgan fingerprint density at radius 3 is 1.82 bits per heavy atom. The second-order valence-electron chi connectivity index (χ2n) is 6.33. The maximum atomic E-state index is 11.3. The normalized spacial score (nSPS) is 18.4. The highest BCUT2D eigenvalue weighted by atomic mass is 16.1. The van der Waals surface area contributed by atoms with Crippen molar-refractivity contribution in [1.82, 2.24) is 0 Å². The summed E-state index contributed by atoms with van der Waals surface area (Å²) in [5.74, 6) is 0.158. The van der Waals surface area contributed by atoms with Gasteiger partial charge in [-0.1, -0.05) is 59.7 Å². The molecule has 3 rings (SSSR count). The zero-order chi connectivity index (χ0) is 15.5. The Balaban J connectivity index is 2.08. The lowest BCUT2D eigenvalue weighted by molar-refractivity contribution is -0.111. The second kappa shape index (κ2) is 6.31. The van der Waals surface area contributed by atoms with E-state index in [-0.39, 0.29) is 5.92 Å². The first-order valence-corrected chi connectivity index (χ1v) is 7.99. The third-order valence-electron chi connectivity index (χ3n) is 4.59. The van der Waals surface area contributed by atoms with Gasteiger partial charge in [-0.05, 0) is 55.4 Å². The highest BCUT2D eigenvalue weighted by Gasteiger charge is 2.22. The molecule has 1 atom stereocenters. The topological polar surface area (TPSA) is 17.1 Å². The minimum atomic E-state index is 0.158. The van der Waals surface area contributed by atoms with E-state index in [0.717, 1.165) is 25.5 Å². The number of carbonyl (C=O) groups excluding carboxylic acids is 1. The number of hydrogen-bond donors (Lipinski definition) is 0. The van der Waals surface area contributed by atoms with E-state index in [2.05, 4.69) is 62.4 Å². The van der Waals surface area contributed by atoms with Crippen LogP contribution in [0.1, 0.15) is 41.5 Å². The van der Waals surface area contributed by atoms with Crippen LogP contribution in [0.25, 0.3) is 11.1 Å². The summed E-state index contributed by atoms with van der Waals surface area (Å²) in [5.41, 5.74) is 7.85. The maximum Gasteiger partial charge on any atom is 0.123 e. The van der Waals surface area contributed by atoms with Crippen molar-refractivity contribution in [1.29, 1.82) is 0 Å². The molecule has 0 saturated carbocycles. The molecule has 0 saturated heterocycles. The molecule has 0 bridgehead atoms. The summed E-state index contributed by atoms with van der Waals surface area (Å²) < 4.78 is 0. The zero-order valence-electron chi connectivity index (χ0n) is 13.3. The van der Waals surface area contributed by atoms with Crippen molar-refractivity contribution in [2.24, 2.45) is 5.92 Å². The van der Waals surface area contributed by atoms with Gasteiger partial charge in [-0.15, -0.1) is 0 Å². The number of allylic oxidation sites excluding steroid dienone is 2. The minimum Gasteiger partial charge on any atom is -0.303 e. The molecule has 1 aliphatic carbocycles. The Hall–Kier alpha value is -2.15. The van der Waals surface area contributed by atoms with E-state index in [0.29, 0.717) is 0 Å². The molecule has 0 heterocycles. The van der Waals surface area contributed by atoms with E-state index in [1.807, 2.05) is 0 Å². The van der Waals surface area contributed by atoms with Gasteiger partial charge in [0.15, 0.2) is 0 Å². The molecule has 0 N–H and O–H groups in total. The minimum absolute atomic E-state index is 0.158. The first kappa shape index (κ1) is 14.8. The molecule has 0 radical (unpaired) electrons. The van der Waals surface area contributed by atoms with Crippen LogP contribution >= 0.6 is 0 Å². The van der Waals surface area contributed by atoms with Crippen molar-refractivity contribution in [2.45, 2.75) is 33.1 Å². The number of carbonyl (C=O) groups is 1. The monoisotopic (exact) mass is 290 g/mol. The number of rotatable bonds is 3. The van der Waals surface area contributed by atoms with Crippen LogP contribution in [0.15, 0.2) is 48.5 Å². The van der Waals surface area contributed by atoms with Gasteiger partial charge in [0.25, 0.3) is 0 Å². The Morgan fingerprint density at radius 2 is 1.32 bits per heavy atom. The van der Waals surface area contributed by atoms with Crippen molar-refractivity contribution in [3.05, 3.63) is 70.8 Å². The Bertz CT molecular complexity index is 690. The zero-order valence-corrected chi connectivity index (χ0v) is 13.3. The Morgan fingerprint density at radius 1 is 0.818 bits per heavy atom. The van der Waals surface area contributed by atoms with Crippen molar-refractivity contribution in [2.75, 3.05) is 0 Å². The summed E-state index contributed by atoms with van der Waals surface area (Å²) in [5, 5.41) is 0. The molecule has 22 heavy (non-hydrogen) atoms. The van der Waals surface area contributed by atoms with E-state index < -0.39 is 0 Å². The van der Waals surface area contributed by atoms with Gasteiger partial charge in [-0.2, -0.15) is 0 Å². The van der Waals surface area contributed by atoms with Crippen LogP contribution in [-0.4, -0.2) is 6.29 Å². The molecule has 0 fully saturated rings. The van der Waals surface area contributed by atoms with Crippen LogP contribution in [0.2, 0.25) is 0 Å². The fourth-order valence-corrected chi connectivity index (χ4v) is 3.20. The molecule has 1 nitrogen and oxygen atoms in total. The predicted molar refractivity (Wildman–Crippen MR) is 92.6 cm³/mol. The maximum absolute atomic E-state index is 11.3. The van der Waals surface area contributed by atoms with Gasteiger partial charge in [0.2, 0.25) is 0 Å². The Kier molecular flexibility index (Phi) is 4.24. The van der Waals surface area contributed by atoms with E-state index in [9.17, 15) is 4.79 Å². The van der Waals surface area contributed by atoms with Gasteiger partial charge < -0.3 is 4.79 Å². The molecular weight excluding hydrogens is 268 g/mol. The summed E-state index contributed by atoms with van der Waals surface area (Å²) in [4.78, 5) is 11.3. The lowest BCUT2D eigenvalue weighted by atomic mass is 9.79. The van der Waals surface area contributed by atoms with Crippen LogP contribution in [0.3, 0.4) is 0 Å². The predicted octanol–water partition coefficient (Wildman–Crippen LogP) is 5.21. The van der Waals surface area contributed by atoms with Gasteiger partial charge in [0.05, 0.1) is 0 Å². The molecule has 1 unspecified atom stereocenters. The van der Waals surface area contributed by atoms with Crippen LogP contribution in [0.5, 0.6) is 0 Å². The number of aldehydes is 1. The highest BCUT2D eigenvalue weighted by molar-refractivity contribution is 5.92. The molecule has 0 aromatic heterocycles. The third-order valence-corrected chi connectivity index (χ3v) is 4.59. The van der Waals surface area contributed by atoms with E-state index in [1.165, 1.54) is 33.4 Å². The summed E-state index contributed by atoms with van der Waals surface area (Å²) in [6, 6.07) is 17.4. The first-order valence-electron chi connectivity index (χ1n) is 7.99. The smallest absolute Gasteiger partial charge is 0.123 e. The average Bonchev–Trinajstić information content (AvgIpc) is 2.56. The second-order valence-corrected chi connectivity index (χ2v) is 6.33. The summed E-state index contributed by atoms with van der Waals surface area (Å²) >= 11 is 0. The van der Waals surface area contributed by atoms with E-state index >= 15 is 0 Å². The van der Waals surface area contributed by atoms with Gasteiger partial charge in [-0.25, -0.2) is 0 Å².